The van der Waals surface area contributed by atoms with Gasteiger partial charge in [-0.2, -0.15) is 0 Å². The van der Waals surface area contributed by atoms with Crippen LogP contribution in [-0.2, 0) is 25.7 Å². The zero-order valence-electron chi connectivity index (χ0n) is 20.4. The molecule has 3 rings (SSSR count). The average Bonchev–Trinajstić information content (AvgIpc) is 3.08. The van der Waals surface area contributed by atoms with Crippen molar-refractivity contribution in [3.63, 3.8) is 0 Å². The van der Waals surface area contributed by atoms with Gasteiger partial charge in [-0.1, -0.05) is 55.3 Å². The highest BCUT2D eigenvalue weighted by molar-refractivity contribution is 6.36. The molecule has 1 aromatic carbocycles. The van der Waals surface area contributed by atoms with E-state index in [9.17, 15) is 19.2 Å². The van der Waals surface area contributed by atoms with Crippen LogP contribution in [0.5, 0.6) is 0 Å². The number of benzene rings is 1. The number of halogens is 2. The standard InChI is InChI=1S/C26H33Cl2N3O4/c1-4-16(3)29-24(33)22(5-2)31(15-19-20(27)11-8-12-21(19)28)23(32)13-14-30-25(34)17-9-6-7-10-18(17)26(30)35/h6-8,11-12,16-18,22H,4-5,9-10,13-15H2,1-3H3,(H,29,33)/t16-,17-,18+,22-/m0/s1. The van der Waals surface area contributed by atoms with Crippen molar-refractivity contribution in [3.8, 4) is 0 Å². The maximum atomic E-state index is 13.5. The van der Waals surface area contributed by atoms with Gasteiger partial charge >= 0.3 is 0 Å². The number of allylic oxidation sites excluding steroid dienone is 2. The topological polar surface area (TPSA) is 86.8 Å². The van der Waals surface area contributed by atoms with E-state index in [1.165, 1.54) is 9.80 Å². The van der Waals surface area contributed by atoms with E-state index >= 15 is 0 Å². The van der Waals surface area contributed by atoms with E-state index in [0.717, 1.165) is 6.42 Å². The summed E-state index contributed by atoms with van der Waals surface area (Å²) in [5, 5.41) is 3.75. The van der Waals surface area contributed by atoms with Gasteiger partial charge in [-0.15, -0.1) is 0 Å². The van der Waals surface area contributed by atoms with Gasteiger partial charge in [0.05, 0.1) is 11.8 Å². The number of likely N-dealkylation sites (tertiary alicyclic amines) is 1. The highest BCUT2D eigenvalue weighted by atomic mass is 35.5. The van der Waals surface area contributed by atoms with Crippen molar-refractivity contribution in [1.82, 2.24) is 15.1 Å². The largest absolute Gasteiger partial charge is 0.352 e. The summed E-state index contributed by atoms with van der Waals surface area (Å²) in [6, 6.07) is 4.28. The van der Waals surface area contributed by atoms with Crippen molar-refractivity contribution in [2.75, 3.05) is 6.54 Å². The van der Waals surface area contributed by atoms with Gasteiger partial charge in [0.2, 0.25) is 23.6 Å². The van der Waals surface area contributed by atoms with Crippen LogP contribution in [0, 0.1) is 11.8 Å². The molecule has 0 aromatic heterocycles. The van der Waals surface area contributed by atoms with Crippen molar-refractivity contribution < 1.29 is 19.2 Å². The van der Waals surface area contributed by atoms with E-state index in [1.54, 1.807) is 18.2 Å². The number of carbonyl (C=O) groups is 4. The van der Waals surface area contributed by atoms with Crippen molar-refractivity contribution in [1.29, 1.82) is 0 Å². The number of carbonyl (C=O) groups excluding carboxylic acids is 4. The molecule has 0 unspecified atom stereocenters. The van der Waals surface area contributed by atoms with Crippen LogP contribution in [-0.4, -0.2) is 52.1 Å². The van der Waals surface area contributed by atoms with E-state index in [1.807, 2.05) is 32.9 Å². The lowest BCUT2D eigenvalue weighted by Crippen LogP contribution is -2.51. The number of imide groups is 1. The molecular weight excluding hydrogens is 489 g/mol. The Kier molecular flexibility index (Phi) is 9.36. The van der Waals surface area contributed by atoms with Gasteiger partial charge in [-0.3, -0.25) is 24.1 Å². The summed E-state index contributed by atoms with van der Waals surface area (Å²) in [6.07, 6.45) is 6.00. The normalized spacial score (nSPS) is 21.0. The Morgan fingerprint density at radius 3 is 2.14 bits per heavy atom. The van der Waals surface area contributed by atoms with Crippen LogP contribution >= 0.6 is 23.2 Å². The molecule has 1 aliphatic heterocycles. The zero-order chi connectivity index (χ0) is 25.7. The Hall–Kier alpha value is -2.38. The minimum absolute atomic E-state index is 0.0142. The second-order valence-electron chi connectivity index (χ2n) is 9.20. The Bertz CT molecular complexity index is 966. The summed E-state index contributed by atoms with van der Waals surface area (Å²) in [5.41, 5.74) is 0.546. The molecule has 2 aliphatic rings. The molecule has 7 nitrogen and oxygen atoms in total. The first-order valence-electron chi connectivity index (χ1n) is 12.2. The lowest BCUT2D eigenvalue weighted by molar-refractivity contribution is -0.144. The van der Waals surface area contributed by atoms with E-state index in [2.05, 4.69) is 5.32 Å². The predicted molar refractivity (Wildman–Crippen MR) is 136 cm³/mol. The molecule has 1 aliphatic carbocycles. The maximum Gasteiger partial charge on any atom is 0.243 e. The van der Waals surface area contributed by atoms with E-state index in [-0.39, 0.29) is 61.0 Å². The molecule has 0 radical (unpaired) electrons. The molecule has 4 atom stereocenters. The Labute approximate surface area is 216 Å². The summed E-state index contributed by atoms with van der Waals surface area (Å²) in [6.45, 7) is 5.73. The van der Waals surface area contributed by atoms with Gasteiger partial charge < -0.3 is 10.2 Å². The second-order valence-corrected chi connectivity index (χ2v) is 10.0. The number of hydrogen-bond donors (Lipinski definition) is 1. The Morgan fingerprint density at radius 1 is 1.06 bits per heavy atom. The quantitative estimate of drug-likeness (QED) is 0.366. The summed E-state index contributed by atoms with van der Waals surface area (Å²) < 4.78 is 0. The average molecular weight is 522 g/mol. The summed E-state index contributed by atoms with van der Waals surface area (Å²) in [4.78, 5) is 54.9. The van der Waals surface area contributed by atoms with E-state index in [4.69, 9.17) is 23.2 Å². The zero-order valence-corrected chi connectivity index (χ0v) is 21.9. The van der Waals surface area contributed by atoms with Crippen molar-refractivity contribution >= 4 is 46.8 Å². The van der Waals surface area contributed by atoms with Gasteiger partial charge in [0, 0.05) is 41.2 Å². The van der Waals surface area contributed by atoms with Crippen LogP contribution < -0.4 is 5.32 Å². The molecule has 1 fully saturated rings. The van der Waals surface area contributed by atoms with Crippen LogP contribution in [0.4, 0.5) is 0 Å². The van der Waals surface area contributed by atoms with Gasteiger partial charge in [-0.05, 0) is 44.7 Å². The number of fused-ring (bicyclic) bond motifs is 1. The van der Waals surface area contributed by atoms with Crippen LogP contribution in [0.1, 0.15) is 58.4 Å². The SMILES string of the molecule is CC[C@H](C)NC(=O)[C@H](CC)N(Cc1c(Cl)cccc1Cl)C(=O)CCN1C(=O)[C@H]2CC=CC[C@H]2C1=O. The van der Waals surface area contributed by atoms with E-state index in [0.29, 0.717) is 34.9 Å². The molecule has 0 spiro atoms. The van der Waals surface area contributed by atoms with Crippen molar-refractivity contribution in [2.45, 2.75) is 71.5 Å². The molecule has 0 bridgehead atoms. The van der Waals surface area contributed by atoms with Gasteiger partial charge in [0.1, 0.15) is 6.04 Å². The number of nitrogens with one attached hydrogen (secondary N) is 1. The third-order valence-corrected chi connectivity index (χ3v) is 7.63. The Morgan fingerprint density at radius 2 is 1.63 bits per heavy atom. The number of rotatable bonds is 10. The molecular formula is C26H33Cl2N3O4. The molecule has 1 saturated heterocycles. The maximum absolute atomic E-state index is 13.5. The third-order valence-electron chi connectivity index (χ3n) is 6.93. The smallest absolute Gasteiger partial charge is 0.243 e. The van der Waals surface area contributed by atoms with Crippen LogP contribution in [0.15, 0.2) is 30.4 Å². The fraction of sp³-hybridized carbons (Fsp3) is 0.538. The molecule has 1 N–H and O–H groups in total. The Balaban J connectivity index is 1.81. The predicted octanol–water partition coefficient (Wildman–Crippen LogP) is 4.36. The van der Waals surface area contributed by atoms with Crippen LogP contribution in [0.3, 0.4) is 0 Å². The minimum Gasteiger partial charge on any atom is -0.352 e. The number of hydrogen-bond acceptors (Lipinski definition) is 4. The molecule has 0 saturated carbocycles. The molecule has 9 heteroatoms. The first kappa shape index (κ1) is 27.2. The molecule has 1 heterocycles. The summed E-state index contributed by atoms with van der Waals surface area (Å²) in [7, 11) is 0. The first-order valence-corrected chi connectivity index (χ1v) is 13.0. The van der Waals surface area contributed by atoms with Crippen molar-refractivity contribution in [3.05, 3.63) is 46.0 Å². The number of amides is 4. The summed E-state index contributed by atoms with van der Waals surface area (Å²) >= 11 is 12.7. The van der Waals surface area contributed by atoms with Crippen LogP contribution in [0.25, 0.3) is 0 Å². The lowest BCUT2D eigenvalue weighted by atomic mass is 9.85. The van der Waals surface area contributed by atoms with Crippen molar-refractivity contribution in [2.24, 2.45) is 11.8 Å². The first-order chi connectivity index (χ1) is 16.7. The van der Waals surface area contributed by atoms with Gasteiger partial charge in [-0.25, -0.2) is 0 Å². The molecule has 35 heavy (non-hydrogen) atoms. The van der Waals surface area contributed by atoms with Crippen LogP contribution in [0.2, 0.25) is 10.0 Å². The summed E-state index contributed by atoms with van der Waals surface area (Å²) in [5.74, 6) is -1.74. The monoisotopic (exact) mass is 521 g/mol. The van der Waals surface area contributed by atoms with E-state index < -0.39 is 6.04 Å². The number of nitrogens with zero attached hydrogens (tertiary/aromatic N) is 2. The highest BCUT2D eigenvalue weighted by Crippen LogP contribution is 2.35. The molecule has 190 valence electrons. The lowest BCUT2D eigenvalue weighted by Gasteiger charge is -2.32. The highest BCUT2D eigenvalue weighted by Gasteiger charge is 2.47. The molecule has 4 amide bonds. The molecule has 1 aromatic rings. The minimum atomic E-state index is -0.749. The third kappa shape index (κ3) is 6.07. The fourth-order valence-electron chi connectivity index (χ4n) is 4.65. The van der Waals surface area contributed by atoms with Gasteiger partial charge in [0.25, 0.3) is 0 Å². The van der Waals surface area contributed by atoms with Gasteiger partial charge in [0.15, 0.2) is 0 Å². The second kappa shape index (κ2) is 12.0. The fourth-order valence-corrected chi connectivity index (χ4v) is 5.17.